The Morgan fingerprint density at radius 1 is 1.50 bits per heavy atom. The molecule has 0 aliphatic rings. The highest BCUT2D eigenvalue weighted by atomic mass is 16.5. The van der Waals surface area contributed by atoms with Gasteiger partial charge in [-0.3, -0.25) is 4.98 Å². The molecule has 3 N–H and O–H groups in total. The van der Waals surface area contributed by atoms with Gasteiger partial charge in [0.25, 0.3) is 0 Å². The fraction of sp³-hybridized carbons (Fsp3) is 0.0909. The van der Waals surface area contributed by atoms with Gasteiger partial charge in [-0.15, -0.1) is 0 Å². The standard InChI is InChI=1S/C11H10N2O3/c1-16-11(15)8-5-13-9-4-6(14)2-3-7(9)10(8)12/h2-5,14H,1H3,(H2,12,13). The number of rotatable bonds is 1. The molecule has 0 saturated carbocycles. The van der Waals surface area contributed by atoms with Crippen molar-refractivity contribution in [2.75, 3.05) is 12.8 Å². The second-order valence-electron chi connectivity index (χ2n) is 3.28. The summed E-state index contributed by atoms with van der Waals surface area (Å²) in [6.07, 6.45) is 1.34. The topological polar surface area (TPSA) is 85.4 Å². The van der Waals surface area contributed by atoms with E-state index < -0.39 is 5.97 Å². The van der Waals surface area contributed by atoms with Crippen LogP contribution in [0.25, 0.3) is 10.9 Å². The van der Waals surface area contributed by atoms with Crippen LogP contribution < -0.4 is 5.73 Å². The molecular weight excluding hydrogens is 208 g/mol. The SMILES string of the molecule is COC(=O)c1cnc2cc(O)ccc2c1N. The number of phenolic OH excluding ortho intramolecular Hbond substituents is 1. The minimum absolute atomic E-state index is 0.102. The molecule has 2 rings (SSSR count). The maximum Gasteiger partial charge on any atom is 0.341 e. The molecule has 2 aromatic rings. The molecule has 0 bridgehead atoms. The first-order valence-electron chi connectivity index (χ1n) is 4.59. The number of hydrogen-bond donors (Lipinski definition) is 2. The molecule has 0 atom stereocenters. The average Bonchev–Trinajstić information content (AvgIpc) is 2.28. The first kappa shape index (κ1) is 10.2. The lowest BCUT2D eigenvalue weighted by Gasteiger charge is -2.06. The van der Waals surface area contributed by atoms with E-state index >= 15 is 0 Å². The van der Waals surface area contributed by atoms with Gasteiger partial charge < -0.3 is 15.6 Å². The molecule has 5 heteroatoms. The number of esters is 1. The van der Waals surface area contributed by atoms with Gasteiger partial charge in [0.2, 0.25) is 0 Å². The van der Waals surface area contributed by atoms with Crippen LogP contribution in [-0.4, -0.2) is 23.2 Å². The zero-order valence-electron chi connectivity index (χ0n) is 8.60. The van der Waals surface area contributed by atoms with Crippen molar-refractivity contribution in [2.45, 2.75) is 0 Å². The number of nitrogen functional groups attached to an aromatic ring is 1. The normalized spacial score (nSPS) is 10.3. The van der Waals surface area contributed by atoms with Gasteiger partial charge in [-0.1, -0.05) is 0 Å². The number of anilines is 1. The van der Waals surface area contributed by atoms with Gasteiger partial charge in [0.1, 0.15) is 11.3 Å². The molecule has 0 spiro atoms. The Morgan fingerprint density at radius 2 is 2.25 bits per heavy atom. The van der Waals surface area contributed by atoms with Crippen LogP contribution in [0.1, 0.15) is 10.4 Å². The van der Waals surface area contributed by atoms with Crippen molar-refractivity contribution in [3.8, 4) is 5.75 Å². The number of carbonyl (C=O) groups is 1. The van der Waals surface area contributed by atoms with E-state index in [1.165, 1.54) is 25.4 Å². The Labute approximate surface area is 91.5 Å². The second kappa shape index (κ2) is 3.69. The number of nitrogens with two attached hydrogens (primary N) is 1. The number of hydrogen-bond acceptors (Lipinski definition) is 5. The number of fused-ring (bicyclic) bond motifs is 1. The average molecular weight is 218 g/mol. The number of aromatic nitrogens is 1. The van der Waals surface area contributed by atoms with Gasteiger partial charge >= 0.3 is 5.97 Å². The lowest BCUT2D eigenvalue weighted by atomic mass is 10.1. The summed E-state index contributed by atoms with van der Waals surface area (Å²) in [5.74, 6) is -0.426. The van der Waals surface area contributed by atoms with Gasteiger partial charge in [0, 0.05) is 17.6 Å². The summed E-state index contributed by atoms with van der Waals surface area (Å²) in [7, 11) is 1.28. The molecule has 0 unspecified atom stereocenters. The molecule has 5 nitrogen and oxygen atoms in total. The van der Waals surface area contributed by atoms with Crippen LogP contribution in [0, 0.1) is 0 Å². The molecule has 0 fully saturated rings. The number of benzene rings is 1. The maximum atomic E-state index is 11.4. The fourth-order valence-corrected chi connectivity index (χ4v) is 1.48. The highest BCUT2D eigenvalue weighted by Crippen LogP contribution is 2.26. The first-order chi connectivity index (χ1) is 7.63. The maximum absolute atomic E-state index is 11.4. The van der Waals surface area contributed by atoms with E-state index in [2.05, 4.69) is 9.72 Å². The van der Waals surface area contributed by atoms with Gasteiger partial charge in [-0.2, -0.15) is 0 Å². The van der Waals surface area contributed by atoms with E-state index in [0.717, 1.165) is 0 Å². The zero-order valence-corrected chi connectivity index (χ0v) is 8.60. The molecule has 16 heavy (non-hydrogen) atoms. The van der Waals surface area contributed by atoms with Crippen LogP contribution in [-0.2, 0) is 4.74 Å². The quantitative estimate of drug-likeness (QED) is 0.705. The number of pyridine rings is 1. The van der Waals surface area contributed by atoms with Crippen molar-refractivity contribution in [1.82, 2.24) is 4.98 Å². The van der Waals surface area contributed by atoms with Gasteiger partial charge in [-0.25, -0.2) is 4.79 Å². The van der Waals surface area contributed by atoms with Crippen molar-refractivity contribution >= 4 is 22.6 Å². The summed E-state index contributed by atoms with van der Waals surface area (Å²) >= 11 is 0. The van der Waals surface area contributed by atoms with E-state index in [1.54, 1.807) is 6.07 Å². The van der Waals surface area contributed by atoms with E-state index in [-0.39, 0.29) is 11.3 Å². The van der Waals surface area contributed by atoms with Crippen LogP contribution in [0.4, 0.5) is 5.69 Å². The van der Waals surface area contributed by atoms with Crippen molar-refractivity contribution < 1.29 is 14.6 Å². The largest absolute Gasteiger partial charge is 0.508 e. The van der Waals surface area contributed by atoms with Crippen LogP contribution in [0.3, 0.4) is 0 Å². The number of carbonyl (C=O) groups excluding carboxylic acids is 1. The molecule has 82 valence electrons. The van der Waals surface area contributed by atoms with Crippen LogP contribution in [0.15, 0.2) is 24.4 Å². The Kier molecular flexibility index (Phi) is 2.36. The molecule has 1 heterocycles. The minimum Gasteiger partial charge on any atom is -0.508 e. The predicted molar refractivity (Wildman–Crippen MR) is 59.2 cm³/mol. The summed E-state index contributed by atoms with van der Waals surface area (Å²) < 4.78 is 4.58. The number of nitrogens with zero attached hydrogens (tertiary/aromatic N) is 1. The highest BCUT2D eigenvalue weighted by Gasteiger charge is 2.13. The van der Waals surface area contributed by atoms with Crippen molar-refractivity contribution in [2.24, 2.45) is 0 Å². The minimum atomic E-state index is -0.528. The molecule has 1 aromatic heterocycles. The molecule has 0 aliphatic carbocycles. The molecular formula is C11H10N2O3. The summed E-state index contributed by atoms with van der Waals surface area (Å²) in [6.45, 7) is 0. The summed E-state index contributed by atoms with van der Waals surface area (Å²) in [6, 6.07) is 4.58. The van der Waals surface area contributed by atoms with Crippen molar-refractivity contribution in [1.29, 1.82) is 0 Å². The Balaban J connectivity index is 2.70. The molecule has 0 radical (unpaired) electrons. The third-order valence-corrected chi connectivity index (χ3v) is 2.30. The fourth-order valence-electron chi connectivity index (χ4n) is 1.48. The molecule has 1 aromatic carbocycles. The van der Waals surface area contributed by atoms with Crippen LogP contribution in [0.2, 0.25) is 0 Å². The van der Waals surface area contributed by atoms with E-state index in [1.807, 2.05) is 0 Å². The Morgan fingerprint density at radius 3 is 2.94 bits per heavy atom. The second-order valence-corrected chi connectivity index (χ2v) is 3.28. The number of ether oxygens (including phenoxy) is 1. The summed E-state index contributed by atoms with van der Waals surface area (Å²) in [4.78, 5) is 15.4. The summed E-state index contributed by atoms with van der Waals surface area (Å²) in [5, 5.41) is 9.89. The van der Waals surface area contributed by atoms with Gasteiger partial charge in [0.15, 0.2) is 0 Å². The van der Waals surface area contributed by atoms with Crippen molar-refractivity contribution in [3.05, 3.63) is 30.0 Å². The van der Waals surface area contributed by atoms with Crippen LogP contribution >= 0.6 is 0 Å². The highest BCUT2D eigenvalue weighted by molar-refractivity contribution is 6.04. The van der Waals surface area contributed by atoms with E-state index in [4.69, 9.17) is 5.73 Å². The smallest absolute Gasteiger partial charge is 0.341 e. The molecule has 0 amide bonds. The van der Waals surface area contributed by atoms with Gasteiger partial charge in [0.05, 0.1) is 18.3 Å². The zero-order chi connectivity index (χ0) is 11.7. The lowest BCUT2D eigenvalue weighted by molar-refractivity contribution is 0.0601. The number of phenols is 1. The summed E-state index contributed by atoms with van der Waals surface area (Å²) in [5.41, 5.74) is 6.88. The third-order valence-electron chi connectivity index (χ3n) is 2.30. The first-order valence-corrected chi connectivity index (χ1v) is 4.59. The van der Waals surface area contributed by atoms with Crippen LogP contribution in [0.5, 0.6) is 5.75 Å². The molecule has 0 aliphatic heterocycles. The van der Waals surface area contributed by atoms with Gasteiger partial charge in [-0.05, 0) is 12.1 Å². The van der Waals surface area contributed by atoms with E-state index in [9.17, 15) is 9.90 Å². The molecule has 0 saturated heterocycles. The Hall–Kier alpha value is -2.30. The monoisotopic (exact) mass is 218 g/mol. The predicted octanol–water partition coefficient (Wildman–Crippen LogP) is 1.31. The lowest BCUT2D eigenvalue weighted by Crippen LogP contribution is -2.06. The third kappa shape index (κ3) is 1.52. The van der Waals surface area contributed by atoms with Crippen molar-refractivity contribution in [3.63, 3.8) is 0 Å². The Bertz CT molecular complexity index is 566. The van der Waals surface area contributed by atoms with E-state index in [0.29, 0.717) is 16.6 Å². The number of methoxy groups -OCH3 is 1. The number of aromatic hydroxyl groups is 1.